The second kappa shape index (κ2) is 7.38. The molecule has 1 aromatic rings. The minimum absolute atomic E-state index is 0.137. The summed E-state index contributed by atoms with van der Waals surface area (Å²) in [5, 5.41) is 6.04. The molecule has 0 fully saturated rings. The zero-order valence-corrected chi connectivity index (χ0v) is 10.5. The highest BCUT2D eigenvalue weighted by molar-refractivity contribution is 7.89. The van der Waals surface area contributed by atoms with E-state index < -0.39 is 10.0 Å². The summed E-state index contributed by atoms with van der Waals surface area (Å²) >= 11 is 0. The Morgan fingerprint density at radius 1 is 1.41 bits per heavy atom. The van der Waals surface area contributed by atoms with Gasteiger partial charge in [-0.15, -0.1) is 0 Å². The quantitative estimate of drug-likeness (QED) is 0.599. The summed E-state index contributed by atoms with van der Waals surface area (Å²) in [6, 6.07) is 0. The number of sulfonamides is 1. The van der Waals surface area contributed by atoms with Crippen LogP contribution in [0.5, 0.6) is 0 Å². The van der Waals surface area contributed by atoms with Crippen LogP contribution in [0.25, 0.3) is 0 Å². The van der Waals surface area contributed by atoms with Crippen molar-refractivity contribution < 1.29 is 17.9 Å². The Morgan fingerprint density at radius 3 is 2.88 bits per heavy atom. The van der Waals surface area contributed by atoms with Crippen LogP contribution < -0.4 is 4.72 Å². The first-order valence-corrected chi connectivity index (χ1v) is 6.70. The van der Waals surface area contributed by atoms with Gasteiger partial charge in [0.1, 0.15) is 4.90 Å². The van der Waals surface area contributed by atoms with Gasteiger partial charge in [0.15, 0.2) is 0 Å². The zero-order valence-electron chi connectivity index (χ0n) is 9.68. The average molecular weight is 263 g/mol. The molecule has 7 nitrogen and oxygen atoms in total. The lowest BCUT2D eigenvalue weighted by molar-refractivity contribution is 0.0699. The van der Waals surface area contributed by atoms with Crippen molar-refractivity contribution in [3.8, 4) is 0 Å². The third-order valence-electron chi connectivity index (χ3n) is 1.97. The predicted octanol–water partition coefficient (Wildman–Crippen LogP) is -0.259. The molecule has 0 unspecified atom stereocenters. The van der Waals surface area contributed by atoms with Gasteiger partial charge in [0.25, 0.3) is 0 Å². The van der Waals surface area contributed by atoms with Crippen LogP contribution in [0, 0.1) is 0 Å². The van der Waals surface area contributed by atoms with Gasteiger partial charge in [-0.2, -0.15) is 5.10 Å². The molecule has 8 heteroatoms. The SMILES string of the molecule is COCCOCCCNS(=O)(=O)c1cn[nH]c1. The molecule has 0 aliphatic heterocycles. The van der Waals surface area contributed by atoms with Gasteiger partial charge in [-0.1, -0.05) is 0 Å². The Balaban J connectivity index is 2.14. The van der Waals surface area contributed by atoms with Crippen molar-refractivity contribution in [2.24, 2.45) is 0 Å². The maximum absolute atomic E-state index is 11.6. The highest BCUT2D eigenvalue weighted by Gasteiger charge is 2.13. The van der Waals surface area contributed by atoms with Crippen molar-refractivity contribution in [1.29, 1.82) is 0 Å². The van der Waals surface area contributed by atoms with E-state index in [0.29, 0.717) is 32.8 Å². The van der Waals surface area contributed by atoms with Crippen molar-refractivity contribution >= 4 is 10.0 Å². The maximum Gasteiger partial charge on any atom is 0.243 e. The van der Waals surface area contributed by atoms with Crippen LogP contribution >= 0.6 is 0 Å². The molecule has 1 heterocycles. The lowest BCUT2D eigenvalue weighted by Crippen LogP contribution is -2.25. The molecular weight excluding hydrogens is 246 g/mol. The molecule has 0 spiro atoms. The lowest BCUT2D eigenvalue weighted by atomic mass is 10.5. The van der Waals surface area contributed by atoms with Gasteiger partial charge in [-0.05, 0) is 6.42 Å². The topological polar surface area (TPSA) is 93.3 Å². The molecule has 1 aromatic heterocycles. The highest BCUT2D eigenvalue weighted by atomic mass is 32.2. The number of ether oxygens (including phenoxy) is 2. The molecule has 0 aliphatic rings. The molecule has 0 atom stereocenters. The second-order valence-electron chi connectivity index (χ2n) is 3.29. The molecule has 0 aromatic carbocycles. The third kappa shape index (κ3) is 5.26. The van der Waals surface area contributed by atoms with E-state index in [4.69, 9.17) is 9.47 Å². The van der Waals surface area contributed by atoms with E-state index in [1.807, 2.05) is 0 Å². The van der Waals surface area contributed by atoms with Crippen LogP contribution in [0.4, 0.5) is 0 Å². The number of rotatable bonds is 9. The van der Waals surface area contributed by atoms with E-state index in [-0.39, 0.29) is 4.90 Å². The van der Waals surface area contributed by atoms with Crippen LogP contribution in [0.3, 0.4) is 0 Å². The van der Waals surface area contributed by atoms with Crippen molar-refractivity contribution in [2.75, 3.05) is 33.5 Å². The van der Waals surface area contributed by atoms with E-state index in [0.717, 1.165) is 0 Å². The lowest BCUT2D eigenvalue weighted by Gasteiger charge is -2.05. The summed E-state index contributed by atoms with van der Waals surface area (Å²) < 4.78 is 35.7. The Kier molecular flexibility index (Phi) is 6.12. The molecule has 0 amide bonds. The van der Waals surface area contributed by atoms with Gasteiger partial charge in [0.2, 0.25) is 10.0 Å². The van der Waals surface area contributed by atoms with Crippen LogP contribution in [-0.4, -0.2) is 52.1 Å². The fraction of sp³-hybridized carbons (Fsp3) is 0.667. The van der Waals surface area contributed by atoms with Crippen LogP contribution in [0.1, 0.15) is 6.42 Å². The molecule has 1 rings (SSSR count). The molecule has 17 heavy (non-hydrogen) atoms. The highest BCUT2D eigenvalue weighted by Crippen LogP contribution is 2.03. The van der Waals surface area contributed by atoms with Crippen molar-refractivity contribution in [3.05, 3.63) is 12.4 Å². The summed E-state index contributed by atoms with van der Waals surface area (Å²) in [5.41, 5.74) is 0. The number of hydrogen-bond acceptors (Lipinski definition) is 5. The first-order valence-electron chi connectivity index (χ1n) is 5.22. The summed E-state index contributed by atoms with van der Waals surface area (Å²) in [4.78, 5) is 0.137. The fourth-order valence-electron chi connectivity index (χ4n) is 1.09. The molecule has 0 saturated carbocycles. The summed E-state index contributed by atoms with van der Waals surface area (Å²) in [7, 11) is -1.84. The van der Waals surface area contributed by atoms with E-state index in [1.54, 1.807) is 7.11 Å². The van der Waals surface area contributed by atoms with Crippen molar-refractivity contribution in [1.82, 2.24) is 14.9 Å². The van der Waals surface area contributed by atoms with Gasteiger partial charge in [-0.3, -0.25) is 5.10 Å². The molecule has 0 radical (unpaired) electrons. The third-order valence-corrected chi connectivity index (χ3v) is 3.40. The number of aromatic amines is 1. The summed E-state index contributed by atoms with van der Waals surface area (Å²) in [6.07, 6.45) is 3.20. The van der Waals surface area contributed by atoms with Crippen molar-refractivity contribution in [2.45, 2.75) is 11.3 Å². The number of H-pyrrole nitrogens is 1. The minimum atomic E-state index is -3.44. The first-order chi connectivity index (χ1) is 8.17. The number of methoxy groups -OCH3 is 1. The van der Waals surface area contributed by atoms with Gasteiger partial charge in [0.05, 0.1) is 19.4 Å². The molecular formula is C9H17N3O4S. The van der Waals surface area contributed by atoms with E-state index in [9.17, 15) is 8.42 Å². The Morgan fingerprint density at radius 2 is 2.24 bits per heavy atom. The van der Waals surface area contributed by atoms with Gasteiger partial charge in [0, 0.05) is 26.5 Å². The molecule has 2 N–H and O–H groups in total. The smallest absolute Gasteiger partial charge is 0.243 e. The number of aromatic nitrogens is 2. The Hall–Kier alpha value is -0.960. The predicted molar refractivity (Wildman–Crippen MR) is 61.1 cm³/mol. The molecule has 0 bridgehead atoms. The largest absolute Gasteiger partial charge is 0.382 e. The second-order valence-corrected chi connectivity index (χ2v) is 5.06. The first kappa shape index (κ1) is 14.1. The fourth-order valence-corrected chi connectivity index (χ4v) is 2.07. The average Bonchev–Trinajstić information content (AvgIpc) is 2.82. The van der Waals surface area contributed by atoms with Crippen LogP contribution in [-0.2, 0) is 19.5 Å². The number of hydrogen-bond donors (Lipinski definition) is 2. The van der Waals surface area contributed by atoms with E-state index in [2.05, 4.69) is 14.9 Å². The number of nitrogens with one attached hydrogen (secondary N) is 2. The van der Waals surface area contributed by atoms with E-state index >= 15 is 0 Å². The van der Waals surface area contributed by atoms with Gasteiger partial charge < -0.3 is 9.47 Å². The minimum Gasteiger partial charge on any atom is -0.382 e. The van der Waals surface area contributed by atoms with Crippen LogP contribution in [0.2, 0.25) is 0 Å². The van der Waals surface area contributed by atoms with E-state index in [1.165, 1.54) is 12.4 Å². The standard InChI is InChI=1S/C9H17N3O4S/c1-15-5-6-16-4-2-3-12-17(13,14)9-7-10-11-8-9/h7-8,12H,2-6H2,1H3,(H,10,11). The van der Waals surface area contributed by atoms with Gasteiger partial charge >= 0.3 is 0 Å². The maximum atomic E-state index is 11.6. The molecule has 0 saturated heterocycles. The monoisotopic (exact) mass is 263 g/mol. The summed E-state index contributed by atoms with van der Waals surface area (Å²) in [5.74, 6) is 0. The molecule has 98 valence electrons. The Labute approximate surface area is 101 Å². The summed E-state index contributed by atoms with van der Waals surface area (Å²) in [6.45, 7) is 1.89. The number of nitrogens with zero attached hydrogens (tertiary/aromatic N) is 1. The Bertz CT molecular complexity index is 390. The molecule has 0 aliphatic carbocycles. The zero-order chi connectivity index (χ0) is 12.6. The van der Waals surface area contributed by atoms with Gasteiger partial charge in [-0.25, -0.2) is 13.1 Å². The normalized spacial score (nSPS) is 11.8. The van der Waals surface area contributed by atoms with Crippen LogP contribution in [0.15, 0.2) is 17.3 Å². The van der Waals surface area contributed by atoms with Crippen molar-refractivity contribution in [3.63, 3.8) is 0 Å².